The van der Waals surface area contributed by atoms with Crippen LogP contribution in [0.1, 0.15) is 29.6 Å². The van der Waals surface area contributed by atoms with Crippen LogP contribution < -0.4 is 21.3 Å². The number of para-hydroxylation sites is 1. The lowest BCUT2D eigenvalue weighted by molar-refractivity contribution is -0.192. The summed E-state index contributed by atoms with van der Waals surface area (Å²) in [6.45, 7) is 0.536. The molecule has 1 atom stereocenters. The number of aromatic nitrogens is 3. The van der Waals surface area contributed by atoms with E-state index < -0.39 is 35.7 Å². The van der Waals surface area contributed by atoms with Crippen LogP contribution in [0.4, 0.5) is 29.5 Å². The molecule has 0 bridgehead atoms. The zero-order valence-electron chi connectivity index (χ0n) is 22.9. The Balaban J connectivity index is 0.000000676. The highest BCUT2D eigenvalue weighted by atomic mass is 19.4. The number of H-pyrrole nitrogens is 1. The molecule has 0 saturated carbocycles. The molecule has 0 fully saturated rings. The molecule has 0 aliphatic heterocycles. The van der Waals surface area contributed by atoms with Gasteiger partial charge < -0.3 is 31.5 Å². The van der Waals surface area contributed by atoms with Crippen LogP contribution >= 0.6 is 0 Å². The topological polar surface area (TPSA) is 198 Å². The SMILES string of the molecule is O=C(Nc1ccccc1)N[C@](CCCCNc1ccccn1)(NC(=O)c1ccc2[nH]ncc2c1)C(=O)O.O=C(O)C(F)(F)F. The third-order valence-electron chi connectivity index (χ3n) is 5.95. The summed E-state index contributed by atoms with van der Waals surface area (Å²) in [4.78, 5) is 51.6. The molecule has 0 radical (unpaired) electrons. The number of anilines is 2. The van der Waals surface area contributed by atoms with Crippen molar-refractivity contribution in [3.05, 3.63) is 84.7 Å². The third-order valence-corrected chi connectivity index (χ3v) is 5.95. The molecule has 2 aromatic heterocycles. The number of pyridine rings is 1. The number of benzene rings is 2. The van der Waals surface area contributed by atoms with E-state index in [0.29, 0.717) is 36.3 Å². The highest BCUT2D eigenvalue weighted by molar-refractivity contribution is 6.02. The number of rotatable bonds is 11. The molecular weight excluding hydrogens is 587 g/mol. The fraction of sp³-hybridized carbons (Fsp3) is 0.214. The van der Waals surface area contributed by atoms with Gasteiger partial charge in [0.1, 0.15) is 5.82 Å². The molecule has 4 aromatic rings. The molecule has 4 rings (SSSR count). The number of aromatic amines is 1. The molecule has 2 aromatic carbocycles. The van der Waals surface area contributed by atoms with Crippen molar-refractivity contribution >= 4 is 46.3 Å². The monoisotopic (exact) mass is 615 g/mol. The first-order valence-electron chi connectivity index (χ1n) is 13.0. The van der Waals surface area contributed by atoms with Gasteiger partial charge in [-0.05, 0) is 55.3 Å². The number of nitrogens with one attached hydrogen (secondary N) is 5. The summed E-state index contributed by atoms with van der Waals surface area (Å²) in [5, 5.41) is 35.6. The first-order valence-corrected chi connectivity index (χ1v) is 13.0. The van der Waals surface area contributed by atoms with Crippen molar-refractivity contribution in [1.82, 2.24) is 25.8 Å². The number of unbranched alkanes of at least 4 members (excludes halogenated alkanes) is 1. The molecule has 3 amide bonds. The van der Waals surface area contributed by atoms with Crippen LogP contribution in [-0.2, 0) is 9.59 Å². The summed E-state index contributed by atoms with van der Waals surface area (Å²) in [5.41, 5.74) is -0.592. The Kier molecular flexibility index (Phi) is 11.2. The number of hydrogen-bond donors (Lipinski definition) is 7. The van der Waals surface area contributed by atoms with Crippen molar-refractivity contribution in [2.45, 2.75) is 31.1 Å². The molecule has 0 unspecified atom stereocenters. The number of carboxylic acids is 2. The molecular formula is C28H28F3N7O6. The Morgan fingerprint density at radius 3 is 2.20 bits per heavy atom. The van der Waals surface area contributed by atoms with Crippen LogP contribution in [0, 0.1) is 0 Å². The van der Waals surface area contributed by atoms with Gasteiger partial charge in [0.05, 0.1) is 11.7 Å². The predicted octanol–water partition coefficient (Wildman–Crippen LogP) is 4.21. The number of hydrogen-bond acceptors (Lipinski definition) is 7. The Bertz CT molecular complexity index is 1570. The zero-order chi connectivity index (χ0) is 32.2. The van der Waals surface area contributed by atoms with Gasteiger partial charge >= 0.3 is 24.1 Å². The second-order valence-corrected chi connectivity index (χ2v) is 9.18. The van der Waals surface area contributed by atoms with E-state index in [2.05, 4.69) is 36.4 Å². The number of amides is 3. The lowest BCUT2D eigenvalue weighted by atomic mass is 10.0. The molecule has 2 heterocycles. The van der Waals surface area contributed by atoms with Crippen LogP contribution in [0.5, 0.6) is 0 Å². The van der Waals surface area contributed by atoms with E-state index in [4.69, 9.17) is 9.90 Å². The highest BCUT2D eigenvalue weighted by Crippen LogP contribution is 2.18. The molecule has 0 aliphatic carbocycles. The van der Waals surface area contributed by atoms with Crippen molar-refractivity contribution in [3.63, 3.8) is 0 Å². The summed E-state index contributed by atoms with van der Waals surface area (Å²) >= 11 is 0. The van der Waals surface area contributed by atoms with E-state index in [1.807, 2.05) is 18.2 Å². The Morgan fingerprint density at radius 2 is 1.57 bits per heavy atom. The predicted molar refractivity (Wildman–Crippen MR) is 153 cm³/mol. The van der Waals surface area contributed by atoms with Crippen LogP contribution in [-0.4, -0.2) is 67.7 Å². The molecule has 232 valence electrons. The number of fused-ring (bicyclic) bond motifs is 1. The number of carboxylic acid groups (broad SMARTS) is 2. The number of alkyl halides is 3. The van der Waals surface area contributed by atoms with Crippen molar-refractivity contribution in [1.29, 1.82) is 0 Å². The maximum absolute atomic E-state index is 13.1. The van der Waals surface area contributed by atoms with Gasteiger partial charge in [0.2, 0.25) is 5.66 Å². The van der Waals surface area contributed by atoms with E-state index in [-0.39, 0.29) is 12.0 Å². The molecule has 0 spiro atoms. The maximum atomic E-state index is 13.1. The van der Waals surface area contributed by atoms with Crippen molar-refractivity contribution < 1.29 is 42.6 Å². The van der Waals surface area contributed by atoms with Crippen LogP contribution in [0.2, 0.25) is 0 Å². The number of carbonyl (C=O) groups excluding carboxylic acids is 2. The first kappa shape index (κ1) is 32.8. The minimum absolute atomic E-state index is 0.0475. The lowest BCUT2D eigenvalue weighted by Crippen LogP contribution is -2.66. The number of aliphatic carboxylic acids is 2. The number of urea groups is 1. The van der Waals surface area contributed by atoms with Gasteiger partial charge in [-0.2, -0.15) is 18.3 Å². The van der Waals surface area contributed by atoms with E-state index in [1.54, 1.807) is 60.9 Å². The highest BCUT2D eigenvalue weighted by Gasteiger charge is 2.42. The maximum Gasteiger partial charge on any atom is 0.490 e. The molecule has 0 saturated heterocycles. The largest absolute Gasteiger partial charge is 0.490 e. The third kappa shape index (κ3) is 9.71. The average molecular weight is 616 g/mol. The van der Waals surface area contributed by atoms with E-state index >= 15 is 0 Å². The minimum atomic E-state index is -5.08. The quantitative estimate of drug-likeness (QED) is 0.0954. The zero-order valence-corrected chi connectivity index (χ0v) is 22.9. The number of nitrogens with zero attached hydrogens (tertiary/aromatic N) is 2. The molecule has 0 aliphatic rings. The Morgan fingerprint density at radius 1 is 0.864 bits per heavy atom. The number of carbonyl (C=O) groups is 4. The normalized spacial score (nSPS) is 12.2. The van der Waals surface area contributed by atoms with Gasteiger partial charge in [0.15, 0.2) is 0 Å². The van der Waals surface area contributed by atoms with Gasteiger partial charge in [0, 0.05) is 35.8 Å². The lowest BCUT2D eigenvalue weighted by Gasteiger charge is -2.31. The van der Waals surface area contributed by atoms with Gasteiger partial charge in [-0.25, -0.2) is 19.4 Å². The van der Waals surface area contributed by atoms with Crippen LogP contribution in [0.3, 0.4) is 0 Å². The molecule has 44 heavy (non-hydrogen) atoms. The second-order valence-electron chi connectivity index (χ2n) is 9.18. The van der Waals surface area contributed by atoms with Crippen molar-refractivity contribution in [2.75, 3.05) is 17.2 Å². The van der Waals surface area contributed by atoms with Gasteiger partial charge in [-0.3, -0.25) is 9.89 Å². The standard InChI is InChI=1S/C26H27N7O4.C2HF3O2/c34-23(18-11-12-21-19(16-18)17-29-33-21)31-26(24(35)36,32-25(37)30-20-8-2-1-3-9-20)13-5-7-15-28-22-10-4-6-14-27-22;3-2(4,5)1(6)7/h1-4,6,8-12,14,16-17H,5,7,13,15H2,(H,27,28)(H,29,33)(H,31,34)(H,35,36)(H2,30,32,37);(H,6,7)/t26-;/m0./s1. The Hall–Kier alpha value is -5.67. The second kappa shape index (κ2) is 15.0. The van der Waals surface area contributed by atoms with Crippen LogP contribution in [0.25, 0.3) is 10.9 Å². The summed E-state index contributed by atoms with van der Waals surface area (Å²) in [5.74, 6) is -4.08. The fourth-order valence-corrected chi connectivity index (χ4v) is 3.80. The Labute approximate surface area is 247 Å². The summed E-state index contributed by atoms with van der Waals surface area (Å²) in [7, 11) is 0. The van der Waals surface area contributed by atoms with Gasteiger partial charge in [-0.1, -0.05) is 24.3 Å². The van der Waals surface area contributed by atoms with E-state index in [9.17, 15) is 32.7 Å². The molecule has 13 nitrogen and oxygen atoms in total. The van der Waals surface area contributed by atoms with Gasteiger partial charge in [0.25, 0.3) is 5.91 Å². The summed E-state index contributed by atoms with van der Waals surface area (Å²) in [6.07, 6.45) is -0.933. The van der Waals surface area contributed by atoms with Crippen molar-refractivity contribution in [3.8, 4) is 0 Å². The van der Waals surface area contributed by atoms with E-state index in [1.165, 1.54) is 0 Å². The number of halogens is 3. The van der Waals surface area contributed by atoms with Crippen molar-refractivity contribution in [2.24, 2.45) is 0 Å². The minimum Gasteiger partial charge on any atom is -0.478 e. The average Bonchev–Trinajstić information content (AvgIpc) is 3.46. The first-order chi connectivity index (χ1) is 20.9. The smallest absolute Gasteiger partial charge is 0.478 e. The van der Waals surface area contributed by atoms with E-state index in [0.717, 1.165) is 5.52 Å². The molecule has 7 N–H and O–H groups in total. The molecule has 16 heteroatoms. The van der Waals surface area contributed by atoms with Crippen LogP contribution in [0.15, 0.2) is 79.1 Å². The summed E-state index contributed by atoms with van der Waals surface area (Å²) < 4.78 is 31.7. The fourth-order valence-electron chi connectivity index (χ4n) is 3.80. The summed E-state index contributed by atoms with van der Waals surface area (Å²) in [6, 6.07) is 18.2. The van der Waals surface area contributed by atoms with Gasteiger partial charge in [-0.15, -0.1) is 0 Å².